The lowest BCUT2D eigenvalue weighted by Gasteiger charge is -1.97. The molecule has 4 heteroatoms. The summed E-state index contributed by atoms with van der Waals surface area (Å²) < 4.78 is 5.16. The quantitative estimate of drug-likeness (QED) is 0.549. The van der Waals surface area contributed by atoms with Crippen LogP contribution in [0.2, 0.25) is 0 Å². The van der Waals surface area contributed by atoms with Gasteiger partial charge in [-0.15, -0.1) is 0 Å². The van der Waals surface area contributed by atoms with Crippen LogP contribution in [0.1, 0.15) is 6.42 Å². The molecule has 2 saturated carbocycles. The van der Waals surface area contributed by atoms with E-state index in [4.69, 9.17) is 9.84 Å². The summed E-state index contributed by atoms with van der Waals surface area (Å²) in [5.74, 6) is -1.15. The number of ether oxygens (including phenoxy) is 1. The monoisotopic (exact) mass is 154 g/mol. The fourth-order valence-electron chi connectivity index (χ4n) is 2.49. The molecule has 0 spiro atoms. The first-order valence-electron chi connectivity index (χ1n) is 3.60. The molecule has 0 aromatic heterocycles. The number of ketones is 1. The predicted molar refractivity (Wildman–Crippen MR) is 31.8 cm³/mol. The fourth-order valence-corrected chi connectivity index (χ4v) is 2.49. The van der Waals surface area contributed by atoms with E-state index in [2.05, 4.69) is 0 Å². The zero-order chi connectivity index (χ0) is 7.80. The molecule has 4 atom stereocenters. The minimum absolute atomic E-state index is 0.0115. The Morgan fingerprint density at radius 1 is 1.73 bits per heavy atom. The molecule has 58 valence electrons. The highest BCUT2D eigenvalue weighted by Gasteiger charge is 2.85. The molecule has 1 N–H and O–H groups in total. The van der Waals surface area contributed by atoms with Crippen molar-refractivity contribution in [1.82, 2.24) is 0 Å². The van der Waals surface area contributed by atoms with Gasteiger partial charge in [0.2, 0.25) is 0 Å². The van der Waals surface area contributed by atoms with Gasteiger partial charge in [-0.25, -0.2) is 0 Å². The van der Waals surface area contributed by atoms with Crippen LogP contribution >= 0.6 is 0 Å². The minimum atomic E-state index is -0.860. The summed E-state index contributed by atoms with van der Waals surface area (Å²) in [6.07, 6.45) is -0.255. The lowest BCUT2D eigenvalue weighted by molar-refractivity contribution is -0.144. The van der Waals surface area contributed by atoms with Crippen molar-refractivity contribution in [3.05, 3.63) is 0 Å². The number of hydrogen-bond donors (Lipinski definition) is 1. The molecule has 4 nitrogen and oxygen atoms in total. The Balaban J connectivity index is 2.11. The summed E-state index contributed by atoms with van der Waals surface area (Å²) in [7, 11) is 0. The highest BCUT2D eigenvalue weighted by molar-refractivity contribution is 6.04. The Labute approximate surface area is 62.1 Å². The Morgan fingerprint density at radius 2 is 2.45 bits per heavy atom. The standard InChI is InChI=1S/C7H6O4/c8-4-2-1-7(6(9)10)3(4)5(7)11-2/h2-3,5H,1H2,(H,9,10). The zero-order valence-corrected chi connectivity index (χ0v) is 5.61. The van der Waals surface area contributed by atoms with Gasteiger partial charge in [0, 0.05) is 6.42 Å². The zero-order valence-electron chi connectivity index (χ0n) is 5.61. The Hall–Kier alpha value is -0.900. The van der Waals surface area contributed by atoms with E-state index in [0.29, 0.717) is 6.42 Å². The number of rotatable bonds is 1. The highest BCUT2D eigenvalue weighted by Crippen LogP contribution is 2.70. The van der Waals surface area contributed by atoms with Gasteiger partial charge < -0.3 is 9.84 Å². The Bertz CT molecular complexity index is 284. The van der Waals surface area contributed by atoms with Crippen LogP contribution in [0, 0.1) is 11.3 Å². The molecule has 11 heavy (non-hydrogen) atoms. The number of Topliss-reactive ketones (excluding diaryl/α,β-unsaturated/α-hetero) is 1. The summed E-state index contributed by atoms with van der Waals surface area (Å²) in [4.78, 5) is 21.8. The van der Waals surface area contributed by atoms with Gasteiger partial charge in [0.25, 0.3) is 0 Å². The summed E-state index contributed by atoms with van der Waals surface area (Å²) >= 11 is 0. The first-order valence-corrected chi connectivity index (χ1v) is 3.60. The maximum Gasteiger partial charge on any atom is 0.313 e. The molecule has 0 amide bonds. The summed E-state index contributed by atoms with van der Waals surface area (Å²) in [5.41, 5.74) is -0.790. The summed E-state index contributed by atoms with van der Waals surface area (Å²) in [6.45, 7) is 0. The summed E-state index contributed by atoms with van der Waals surface area (Å²) in [5, 5.41) is 8.80. The van der Waals surface area contributed by atoms with Crippen molar-refractivity contribution in [2.24, 2.45) is 11.3 Å². The average molecular weight is 154 g/mol. The maximum atomic E-state index is 11.1. The van der Waals surface area contributed by atoms with Crippen molar-refractivity contribution in [2.75, 3.05) is 0 Å². The van der Waals surface area contributed by atoms with Crippen molar-refractivity contribution in [1.29, 1.82) is 0 Å². The molecule has 2 aliphatic carbocycles. The van der Waals surface area contributed by atoms with Crippen LogP contribution < -0.4 is 0 Å². The second-order valence-electron chi connectivity index (χ2n) is 3.48. The molecular formula is C7H6O4. The molecule has 0 aromatic carbocycles. The number of carboxylic acids is 1. The van der Waals surface area contributed by atoms with Crippen molar-refractivity contribution in [3.63, 3.8) is 0 Å². The molecular weight excluding hydrogens is 148 g/mol. The molecule has 2 aliphatic heterocycles. The fraction of sp³-hybridized carbons (Fsp3) is 0.714. The molecule has 4 bridgehead atoms. The Morgan fingerprint density at radius 3 is 2.64 bits per heavy atom. The highest BCUT2D eigenvalue weighted by atomic mass is 16.5. The van der Waals surface area contributed by atoms with Crippen molar-refractivity contribution in [2.45, 2.75) is 18.6 Å². The number of hydrogen-bond acceptors (Lipinski definition) is 3. The molecule has 4 unspecified atom stereocenters. The van der Waals surface area contributed by atoms with Gasteiger partial charge in [-0.1, -0.05) is 0 Å². The van der Waals surface area contributed by atoms with E-state index in [0.717, 1.165) is 0 Å². The van der Waals surface area contributed by atoms with E-state index < -0.39 is 11.4 Å². The van der Waals surface area contributed by atoms with Crippen LogP contribution in [0.25, 0.3) is 0 Å². The number of carbonyl (C=O) groups excluding carboxylic acids is 1. The van der Waals surface area contributed by atoms with Crippen molar-refractivity contribution >= 4 is 11.8 Å². The van der Waals surface area contributed by atoms with Gasteiger partial charge >= 0.3 is 5.97 Å². The molecule has 4 rings (SSSR count). The van der Waals surface area contributed by atoms with Crippen molar-refractivity contribution < 1.29 is 19.4 Å². The summed E-state index contributed by atoms with van der Waals surface area (Å²) in [6, 6.07) is 0. The largest absolute Gasteiger partial charge is 0.481 e. The van der Waals surface area contributed by atoms with Crippen LogP contribution in [0.3, 0.4) is 0 Å². The third-order valence-electron chi connectivity index (χ3n) is 3.11. The van der Waals surface area contributed by atoms with Crippen molar-refractivity contribution in [3.8, 4) is 0 Å². The first kappa shape index (κ1) is 5.71. The average Bonchev–Trinajstić information content (AvgIpc) is 2.32. The predicted octanol–water partition coefficient (Wildman–Crippen LogP) is -0.573. The van der Waals surface area contributed by atoms with Crippen LogP contribution in [-0.4, -0.2) is 29.1 Å². The molecule has 4 aliphatic rings. The third-order valence-corrected chi connectivity index (χ3v) is 3.11. The lowest BCUT2D eigenvalue weighted by Crippen LogP contribution is -2.15. The normalized spacial score (nSPS) is 56.7. The lowest BCUT2D eigenvalue weighted by atomic mass is 10.1. The molecule has 0 aromatic rings. The van der Waals surface area contributed by atoms with Gasteiger partial charge in [-0.2, -0.15) is 0 Å². The first-order chi connectivity index (χ1) is 5.18. The van der Waals surface area contributed by atoms with E-state index in [1.165, 1.54) is 0 Å². The molecule has 0 radical (unpaired) electrons. The molecule has 4 fully saturated rings. The van der Waals surface area contributed by atoms with Gasteiger partial charge in [0.05, 0.1) is 12.0 Å². The topological polar surface area (TPSA) is 63.6 Å². The third kappa shape index (κ3) is 0.352. The van der Waals surface area contributed by atoms with Crippen LogP contribution in [0.4, 0.5) is 0 Å². The maximum absolute atomic E-state index is 11.1. The van der Waals surface area contributed by atoms with Gasteiger partial charge in [-0.05, 0) is 0 Å². The minimum Gasteiger partial charge on any atom is -0.481 e. The molecule has 2 saturated heterocycles. The van der Waals surface area contributed by atoms with E-state index >= 15 is 0 Å². The number of aliphatic carboxylic acids is 1. The van der Waals surface area contributed by atoms with E-state index in [-0.39, 0.29) is 23.9 Å². The van der Waals surface area contributed by atoms with Gasteiger partial charge in [-0.3, -0.25) is 9.59 Å². The van der Waals surface area contributed by atoms with E-state index in [1.54, 1.807) is 0 Å². The van der Waals surface area contributed by atoms with Gasteiger partial charge in [0.15, 0.2) is 5.78 Å². The van der Waals surface area contributed by atoms with E-state index in [9.17, 15) is 9.59 Å². The van der Waals surface area contributed by atoms with Crippen LogP contribution in [0.15, 0.2) is 0 Å². The second-order valence-corrected chi connectivity index (χ2v) is 3.48. The second kappa shape index (κ2) is 1.22. The Kier molecular flexibility index (Phi) is 0.635. The van der Waals surface area contributed by atoms with Crippen LogP contribution in [-0.2, 0) is 14.3 Å². The van der Waals surface area contributed by atoms with E-state index in [1.807, 2.05) is 0 Å². The number of carboxylic acid groups (broad SMARTS) is 1. The smallest absolute Gasteiger partial charge is 0.313 e. The van der Waals surface area contributed by atoms with Gasteiger partial charge in [0.1, 0.15) is 11.5 Å². The SMILES string of the molecule is O=C1C2CC3(C(=O)O)C(O2)C13. The van der Waals surface area contributed by atoms with Crippen LogP contribution in [0.5, 0.6) is 0 Å². The molecule has 2 heterocycles. The number of carbonyl (C=O) groups is 2.